The smallest absolute Gasteiger partial charge is 0.335 e. The first kappa shape index (κ1) is 22.8. The number of anilines is 1. The van der Waals surface area contributed by atoms with Gasteiger partial charge in [-0.3, -0.25) is 14.9 Å². The molecule has 1 saturated heterocycles. The molecule has 1 heterocycles. The predicted molar refractivity (Wildman–Crippen MR) is 125 cm³/mol. The molecule has 4 amide bonds. The van der Waals surface area contributed by atoms with Crippen LogP contribution in [0.3, 0.4) is 0 Å². The number of urea groups is 1. The molecule has 0 aromatic heterocycles. The molecule has 0 aliphatic carbocycles. The molecule has 0 bridgehead atoms. The molecule has 3 aromatic rings. The maximum atomic E-state index is 12.9. The fourth-order valence-corrected chi connectivity index (χ4v) is 3.35. The molecule has 0 saturated carbocycles. The van der Waals surface area contributed by atoms with E-state index in [1.54, 1.807) is 36.4 Å². The summed E-state index contributed by atoms with van der Waals surface area (Å²) in [5.41, 5.74) is 1.64. The molecule has 170 valence electrons. The Kier molecular flexibility index (Phi) is 6.42. The molecule has 1 aliphatic heterocycles. The molecule has 0 spiro atoms. The Morgan fingerprint density at radius 2 is 1.59 bits per heavy atom. The summed E-state index contributed by atoms with van der Waals surface area (Å²) in [7, 11) is 0. The van der Waals surface area contributed by atoms with E-state index in [0.29, 0.717) is 16.3 Å². The zero-order chi connectivity index (χ0) is 24.2. The third-order valence-corrected chi connectivity index (χ3v) is 5.24. The lowest BCUT2D eigenvalue weighted by molar-refractivity contribution is -0.122. The van der Waals surface area contributed by atoms with Crippen LogP contribution in [-0.2, 0) is 16.2 Å². The van der Waals surface area contributed by atoms with E-state index in [1.807, 2.05) is 0 Å². The third-order valence-electron chi connectivity index (χ3n) is 4.98. The summed E-state index contributed by atoms with van der Waals surface area (Å²) in [6.07, 6.45) is 1.39. The maximum Gasteiger partial charge on any atom is 0.335 e. The van der Waals surface area contributed by atoms with E-state index in [1.165, 1.54) is 42.5 Å². The molecule has 1 aliphatic rings. The summed E-state index contributed by atoms with van der Waals surface area (Å²) in [6, 6.07) is 18.3. The van der Waals surface area contributed by atoms with Gasteiger partial charge in [0, 0.05) is 5.02 Å². The van der Waals surface area contributed by atoms with E-state index >= 15 is 0 Å². The molecule has 8 nitrogen and oxygen atoms in total. The van der Waals surface area contributed by atoms with Gasteiger partial charge < -0.3 is 9.84 Å². The number of halogens is 1. The quantitative estimate of drug-likeness (QED) is 0.405. The van der Waals surface area contributed by atoms with Crippen molar-refractivity contribution in [1.29, 1.82) is 0 Å². The molecule has 9 heteroatoms. The van der Waals surface area contributed by atoms with Crippen molar-refractivity contribution in [2.75, 3.05) is 4.90 Å². The minimum atomic E-state index is -0.997. The minimum absolute atomic E-state index is 0.193. The number of nitrogens with zero attached hydrogens (tertiary/aromatic N) is 1. The van der Waals surface area contributed by atoms with Crippen molar-refractivity contribution in [1.82, 2.24) is 5.32 Å². The van der Waals surface area contributed by atoms with Crippen LogP contribution in [0.2, 0.25) is 5.02 Å². The molecule has 3 aromatic carbocycles. The van der Waals surface area contributed by atoms with Gasteiger partial charge in [-0.25, -0.2) is 14.5 Å². The molecule has 0 unspecified atom stereocenters. The van der Waals surface area contributed by atoms with Crippen LogP contribution in [0.25, 0.3) is 6.08 Å². The first-order chi connectivity index (χ1) is 16.3. The van der Waals surface area contributed by atoms with Gasteiger partial charge in [-0.1, -0.05) is 35.9 Å². The molecular weight excluding hydrogens is 460 g/mol. The highest BCUT2D eigenvalue weighted by Gasteiger charge is 2.36. The van der Waals surface area contributed by atoms with Gasteiger partial charge in [0.2, 0.25) is 0 Å². The van der Waals surface area contributed by atoms with Gasteiger partial charge in [0.1, 0.15) is 17.9 Å². The van der Waals surface area contributed by atoms with Gasteiger partial charge in [-0.2, -0.15) is 0 Å². The number of imide groups is 2. The fraction of sp³-hybridized carbons (Fsp3) is 0.0400. The average Bonchev–Trinajstić information content (AvgIpc) is 2.82. The van der Waals surface area contributed by atoms with E-state index in [2.05, 4.69) is 5.32 Å². The number of hydrogen-bond donors (Lipinski definition) is 2. The Balaban J connectivity index is 1.47. The van der Waals surface area contributed by atoms with Gasteiger partial charge >= 0.3 is 12.0 Å². The number of carboxylic acids is 1. The maximum absolute atomic E-state index is 12.9. The summed E-state index contributed by atoms with van der Waals surface area (Å²) >= 11 is 5.87. The van der Waals surface area contributed by atoms with Crippen molar-refractivity contribution in [2.24, 2.45) is 0 Å². The first-order valence-electron chi connectivity index (χ1n) is 10.0. The van der Waals surface area contributed by atoms with Gasteiger partial charge in [-0.15, -0.1) is 0 Å². The summed E-state index contributed by atoms with van der Waals surface area (Å²) in [5.74, 6) is -1.99. The molecule has 1 fully saturated rings. The van der Waals surface area contributed by atoms with Crippen LogP contribution in [0.5, 0.6) is 5.75 Å². The van der Waals surface area contributed by atoms with Crippen molar-refractivity contribution >= 4 is 47.2 Å². The molecule has 2 N–H and O–H groups in total. The standard InChI is InChI=1S/C25H17ClN2O6/c26-18-7-9-19(10-8-18)28-23(30)21(22(29)27-25(28)33)13-15-3-11-20(12-4-15)34-14-16-1-5-17(6-2-16)24(31)32/h1-13H,14H2,(H,31,32)(H,27,29,33)/b21-13+. The Morgan fingerprint density at radius 3 is 2.21 bits per heavy atom. The van der Waals surface area contributed by atoms with Gasteiger partial charge in [0.15, 0.2) is 0 Å². The second-order valence-electron chi connectivity index (χ2n) is 7.29. The summed E-state index contributed by atoms with van der Waals surface area (Å²) in [4.78, 5) is 49.3. The largest absolute Gasteiger partial charge is 0.489 e. The molecular formula is C25H17ClN2O6. The van der Waals surface area contributed by atoms with Gasteiger partial charge in [-0.05, 0) is 65.7 Å². The number of aromatic carboxylic acids is 1. The van der Waals surface area contributed by atoms with Crippen LogP contribution in [-0.4, -0.2) is 28.9 Å². The lowest BCUT2D eigenvalue weighted by Gasteiger charge is -2.26. The number of carbonyl (C=O) groups excluding carboxylic acids is 3. The fourth-order valence-electron chi connectivity index (χ4n) is 3.22. The monoisotopic (exact) mass is 476 g/mol. The van der Waals surface area contributed by atoms with Crippen LogP contribution in [0, 0.1) is 0 Å². The van der Waals surface area contributed by atoms with E-state index in [4.69, 9.17) is 21.4 Å². The SMILES string of the molecule is O=C1NC(=O)N(c2ccc(Cl)cc2)C(=O)/C1=C/c1ccc(OCc2ccc(C(=O)O)cc2)cc1. The average molecular weight is 477 g/mol. The Bertz CT molecular complexity index is 1300. The number of carbonyl (C=O) groups is 4. The lowest BCUT2D eigenvalue weighted by atomic mass is 10.1. The normalized spacial score (nSPS) is 14.8. The van der Waals surface area contributed by atoms with Crippen LogP contribution < -0.4 is 15.0 Å². The first-order valence-corrected chi connectivity index (χ1v) is 10.4. The molecule has 34 heavy (non-hydrogen) atoms. The van der Waals surface area contributed by atoms with Crippen LogP contribution in [0.4, 0.5) is 10.5 Å². The summed E-state index contributed by atoms with van der Waals surface area (Å²) < 4.78 is 5.70. The van der Waals surface area contributed by atoms with E-state index in [0.717, 1.165) is 10.5 Å². The van der Waals surface area contributed by atoms with Gasteiger partial charge in [0.05, 0.1) is 11.3 Å². The number of nitrogens with one attached hydrogen (secondary N) is 1. The third kappa shape index (κ3) is 4.97. The zero-order valence-corrected chi connectivity index (χ0v) is 18.3. The number of benzene rings is 3. The van der Waals surface area contributed by atoms with Gasteiger partial charge in [0.25, 0.3) is 11.8 Å². The second-order valence-corrected chi connectivity index (χ2v) is 7.73. The van der Waals surface area contributed by atoms with Crippen LogP contribution in [0.15, 0.2) is 78.4 Å². The van der Waals surface area contributed by atoms with Crippen molar-refractivity contribution in [3.63, 3.8) is 0 Å². The van der Waals surface area contributed by atoms with Crippen molar-refractivity contribution in [2.45, 2.75) is 6.61 Å². The van der Waals surface area contributed by atoms with Crippen molar-refractivity contribution < 1.29 is 29.0 Å². The Morgan fingerprint density at radius 1 is 0.941 bits per heavy atom. The van der Waals surface area contributed by atoms with Crippen LogP contribution in [0.1, 0.15) is 21.5 Å². The lowest BCUT2D eigenvalue weighted by Crippen LogP contribution is -2.54. The van der Waals surface area contributed by atoms with E-state index in [-0.39, 0.29) is 23.4 Å². The molecule has 0 radical (unpaired) electrons. The van der Waals surface area contributed by atoms with E-state index < -0.39 is 23.8 Å². The highest BCUT2D eigenvalue weighted by atomic mass is 35.5. The number of barbiturate groups is 1. The minimum Gasteiger partial charge on any atom is -0.489 e. The molecule has 0 atom stereocenters. The zero-order valence-electron chi connectivity index (χ0n) is 17.5. The number of hydrogen-bond acceptors (Lipinski definition) is 5. The Labute approximate surface area is 199 Å². The summed E-state index contributed by atoms with van der Waals surface area (Å²) in [5, 5.41) is 11.6. The Hall–Kier alpha value is -4.43. The van der Waals surface area contributed by atoms with E-state index in [9.17, 15) is 19.2 Å². The topological polar surface area (TPSA) is 113 Å². The van der Waals surface area contributed by atoms with Crippen LogP contribution >= 0.6 is 11.6 Å². The highest BCUT2D eigenvalue weighted by Crippen LogP contribution is 2.24. The van der Waals surface area contributed by atoms with Crippen molar-refractivity contribution in [3.05, 3.63) is 100 Å². The summed E-state index contributed by atoms with van der Waals surface area (Å²) in [6.45, 7) is 0.236. The molecule has 4 rings (SSSR count). The highest BCUT2D eigenvalue weighted by molar-refractivity contribution is 6.39. The number of ether oxygens (including phenoxy) is 1. The van der Waals surface area contributed by atoms with Crippen molar-refractivity contribution in [3.8, 4) is 5.75 Å². The number of amides is 4. The predicted octanol–water partition coefficient (Wildman–Crippen LogP) is 4.28. The second kappa shape index (κ2) is 9.60. The number of rotatable bonds is 6. The number of carboxylic acid groups (broad SMARTS) is 1.